The lowest BCUT2D eigenvalue weighted by Crippen LogP contribution is -2.16. The van der Waals surface area contributed by atoms with Crippen LogP contribution in [0.25, 0.3) is 33.6 Å². The van der Waals surface area contributed by atoms with Crippen molar-refractivity contribution in [2.75, 3.05) is 0 Å². The van der Waals surface area contributed by atoms with Gasteiger partial charge in [0, 0.05) is 28.8 Å². The molecule has 0 aliphatic rings. The fraction of sp³-hybridized carbons (Fsp3) is 0.0909. The van der Waals surface area contributed by atoms with Gasteiger partial charge in [-0.3, -0.25) is 4.68 Å². The van der Waals surface area contributed by atoms with Gasteiger partial charge in [0.2, 0.25) is 0 Å². The Kier molecular flexibility index (Phi) is 5.83. The molecule has 4 aromatic rings. The van der Waals surface area contributed by atoms with E-state index in [2.05, 4.69) is 14.8 Å². The zero-order valence-electron chi connectivity index (χ0n) is 16.3. The summed E-state index contributed by atoms with van der Waals surface area (Å²) in [7, 11) is 1.70. The molecule has 0 atom stereocenters. The Bertz CT molecular complexity index is 1270. The summed E-state index contributed by atoms with van der Waals surface area (Å²) in [5.74, 6) is -0.612. The monoisotopic (exact) mass is 481 g/mol. The Labute approximate surface area is 190 Å². The van der Waals surface area contributed by atoms with Gasteiger partial charge in [-0.15, -0.1) is 13.2 Å². The maximum atomic E-state index is 14.8. The Morgan fingerprint density at radius 2 is 1.62 bits per heavy atom. The van der Waals surface area contributed by atoms with Crippen LogP contribution in [0.4, 0.5) is 17.6 Å². The van der Waals surface area contributed by atoms with Crippen molar-refractivity contribution in [3.63, 3.8) is 0 Å². The minimum absolute atomic E-state index is 0.0967. The van der Waals surface area contributed by atoms with E-state index in [1.165, 1.54) is 41.3 Å². The Hall–Kier alpha value is -3.10. The van der Waals surface area contributed by atoms with Crippen molar-refractivity contribution in [2.45, 2.75) is 6.36 Å². The molecule has 0 radical (unpaired) electrons. The summed E-state index contributed by atoms with van der Waals surface area (Å²) in [6, 6.07) is 12.6. The molecule has 0 saturated heterocycles. The van der Waals surface area contributed by atoms with Crippen LogP contribution in [0.1, 0.15) is 0 Å². The summed E-state index contributed by atoms with van der Waals surface area (Å²) in [5, 5.41) is 4.61. The summed E-state index contributed by atoms with van der Waals surface area (Å²) in [6.45, 7) is 0. The minimum atomic E-state index is -4.82. The molecule has 0 aliphatic carbocycles. The highest BCUT2D eigenvalue weighted by Gasteiger charge is 2.31. The highest BCUT2D eigenvalue weighted by Crippen LogP contribution is 2.44. The number of hydrogen-bond acceptors (Lipinski definition) is 3. The smallest absolute Gasteiger partial charge is 0.406 e. The second-order valence-corrected chi connectivity index (χ2v) is 7.61. The van der Waals surface area contributed by atoms with E-state index in [-0.39, 0.29) is 15.6 Å². The molecule has 0 saturated carbocycles. The SMILES string of the molecule is Cn1cnc(-c2cc(Cl)c(-c3ccc(OC(F)(F)F)cc3)c(-c3c(F)cccc3Cl)c2)n1. The average Bonchev–Trinajstić information content (AvgIpc) is 3.14. The third-order valence-corrected chi connectivity index (χ3v) is 5.17. The van der Waals surface area contributed by atoms with Crippen molar-refractivity contribution in [2.24, 2.45) is 7.05 Å². The molecule has 0 N–H and O–H groups in total. The van der Waals surface area contributed by atoms with E-state index < -0.39 is 17.9 Å². The van der Waals surface area contributed by atoms with Crippen LogP contribution in [0.3, 0.4) is 0 Å². The van der Waals surface area contributed by atoms with Gasteiger partial charge in [0.15, 0.2) is 5.82 Å². The highest BCUT2D eigenvalue weighted by atomic mass is 35.5. The fourth-order valence-corrected chi connectivity index (χ4v) is 3.87. The van der Waals surface area contributed by atoms with Crippen molar-refractivity contribution < 1.29 is 22.3 Å². The molecule has 0 amide bonds. The maximum absolute atomic E-state index is 14.8. The largest absolute Gasteiger partial charge is 0.573 e. The molecule has 0 fully saturated rings. The Balaban J connectivity index is 1.92. The zero-order valence-corrected chi connectivity index (χ0v) is 17.8. The summed E-state index contributed by atoms with van der Waals surface area (Å²) in [5.41, 5.74) is 1.79. The predicted octanol–water partition coefficient (Wildman–Crippen LogP) is 7.16. The van der Waals surface area contributed by atoms with Crippen LogP contribution in [0.5, 0.6) is 5.75 Å². The zero-order chi connectivity index (χ0) is 23.0. The van der Waals surface area contributed by atoms with Crippen LogP contribution in [-0.2, 0) is 7.05 Å². The lowest BCUT2D eigenvalue weighted by molar-refractivity contribution is -0.274. The second-order valence-electron chi connectivity index (χ2n) is 6.79. The fourth-order valence-electron chi connectivity index (χ4n) is 3.28. The predicted molar refractivity (Wildman–Crippen MR) is 114 cm³/mol. The Morgan fingerprint density at radius 3 is 2.22 bits per heavy atom. The summed E-state index contributed by atoms with van der Waals surface area (Å²) >= 11 is 12.9. The number of aryl methyl sites for hydroxylation is 1. The summed E-state index contributed by atoms with van der Waals surface area (Å²) in [6.07, 6.45) is -3.31. The average molecular weight is 482 g/mol. The van der Waals surface area contributed by atoms with Crippen LogP contribution in [0.15, 0.2) is 60.9 Å². The molecule has 0 bridgehead atoms. The number of hydrogen-bond donors (Lipinski definition) is 0. The first-order chi connectivity index (χ1) is 15.1. The molecule has 0 unspecified atom stereocenters. The number of rotatable bonds is 4. The van der Waals surface area contributed by atoms with Crippen LogP contribution in [0.2, 0.25) is 10.0 Å². The quantitative estimate of drug-likeness (QED) is 0.290. The number of alkyl halides is 3. The van der Waals surface area contributed by atoms with Crippen molar-refractivity contribution in [1.82, 2.24) is 14.8 Å². The number of aromatic nitrogens is 3. The third kappa shape index (κ3) is 4.56. The molecule has 4 nitrogen and oxygen atoms in total. The number of halogens is 6. The van der Waals surface area contributed by atoms with E-state index in [9.17, 15) is 17.6 Å². The van der Waals surface area contributed by atoms with Crippen LogP contribution in [-0.4, -0.2) is 21.1 Å². The van der Waals surface area contributed by atoms with Crippen LogP contribution < -0.4 is 4.74 Å². The first kappa shape index (κ1) is 22.1. The molecule has 10 heteroatoms. The van der Waals surface area contributed by atoms with Gasteiger partial charge in [-0.2, -0.15) is 5.10 Å². The van der Waals surface area contributed by atoms with Gasteiger partial charge in [-0.1, -0.05) is 41.4 Å². The van der Waals surface area contributed by atoms with Gasteiger partial charge in [-0.25, -0.2) is 9.37 Å². The van der Waals surface area contributed by atoms with E-state index in [1.807, 2.05) is 0 Å². The van der Waals surface area contributed by atoms with E-state index in [0.717, 1.165) is 12.1 Å². The van der Waals surface area contributed by atoms with E-state index in [4.69, 9.17) is 23.2 Å². The van der Waals surface area contributed by atoms with Crippen molar-refractivity contribution in [1.29, 1.82) is 0 Å². The molecule has 4 rings (SSSR count). The van der Waals surface area contributed by atoms with E-state index in [1.54, 1.807) is 19.2 Å². The molecule has 32 heavy (non-hydrogen) atoms. The standard InChI is InChI=1S/C22H13Cl2F4N3O/c1-31-11-29-21(30-31)13-9-15(20-16(23)3-2-4-18(20)25)19(17(24)10-13)12-5-7-14(8-6-12)32-22(26,27)28/h2-11H,1H3. The first-order valence-corrected chi connectivity index (χ1v) is 9.88. The van der Waals surface area contributed by atoms with Gasteiger partial charge < -0.3 is 4.74 Å². The lowest BCUT2D eigenvalue weighted by Gasteiger charge is -2.16. The van der Waals surface area contributed by atoms with Crippen molar-refractivity contribution in [3.8, 4) is 39.4 Å². The van der Waals surface area contributed by atoms with Gasteiger partial charge in [0.1, 0.15) is 17.9 Å². The number of nitrogens with zero attached hydrogens (tertiary/aromatic N) is 3. The van der Waals surface area contributed by atoms with Crippen LogP contribution in [0, 0.1) is 5.82 Å². The summed E-state index contributed by atoms with van der Waals surface area (Å²) in [4.78, 5) is 4.20. The topological polar surface area (TPSA) is 39.9 Å². The molecule has 1 heterocycles. The normalized spacial score (nSPS) is 11.6. The molecule has 0 spiro atoms. The second kappa shape index (κ2) is 8.44. The highest BCUT2D eigenvalue weighted by molar-refractivity contribution is 6.36. The minimum Gasteiger partial charge on any atom is -0.406 e. The van der Waals surface area contributed by atoms with Gasteiger partial charge in [0.05, 0.1) is 5.02 Å². The van der Waals surface area contributed by atoms with Crippen molar-refractivity contribution >= 4 is 23.2 Å². The molecule has 0 aliphatic heterocycles. The maximum Gasteiger partial charge on any atom is 0.573 e. The van der Waals surface area contributed by atoms with E-state index >= 15 is 0 Å². The molecular formula is C22H13Cl2F4N3O. The molecule has 3 aromatic carbocycles. The molecule has 164 valence electrons. The molecular weight excluding hydrogens is 469 g/mol. The van der Waals surface area contributed by atoms with Gasteiger partial charge in [-0.05, 0) is 47.5 Å². The van der Waals surface area contributed by atoms with Crippen LogP contribution >= 0.6 is 23.2 Å². The summed E-state index contributed by atoms with van der Waals surface area (Å²) < 4.78 is 57.8. The first-order valence-electron chi connectivity index (χ1n) is 9.12. The molecule has 1 aromatic heterocycles. The third-order valence-electron chi connectivity index (χ3n) is 4.56. The Morgan fingerprint density at radius 1 is 0.906 bits per heavy atom. The van der Waals surface area contributed by atoms with Crippen molar-refractivity contribution in [3.05, 3.63) is 76.8 Å². The lowest BCUT2D eigenvalue weighted by atomic mass is 9.92. The van der Waals surface area contributed by atoms with Gasteiger partial charge in [0.25, 0.3) is 0 Å². The number of benzene rings is 3. The van der Waals surface area contributed by atoms with Gasteiger partial charge >= 0.3 is 6.36 Å². The number of ether oxygens (including phenoxy) is 1. The van der Waals surface area contributed by atoms with E-state index in [0.29, 0.717) is 28.1 Å².